The molecule has 0 saturated heterocycles. The van der Waals surface area contributed by atoms with E-state index < -0.39 is 17.8 Å². The molecule has 1 atom stereocenters. The number of aliphatic carboxylic acids is 1. The summed E-state index contributed by atoms with van der Waals surface area (Å²) in [7, 11) is 0. The summed E-state index contributed by atoms with van der Waals surface area (Å²) in [5.74, 6) is -1.62. The third-order valence-electron chi connectivity index (χ3n) is 1.88. The van der Waals surface area contributed by atoms with Gasteiger partial charge in [-0.2, -0.15) is 0 Å². The van der Waals surface area contributed by atoms with Gasteiger partial charge in [0.2, 0.25) is 0 Å². The third-order valence-corrected chi connectivity index (χ3v) is 1.88. The molecular weight excluding hydrogens is 187 g/mol. The van der Waals surface area contributed by atoms with Crippen molar-refractivity contribution in [2.45, 2.75) is 12.5 Å². The zero-order chi connectivity index (χ0) is 10.7. The van der Waals surface area contributed by atoms with Gasteiger partial charge in [-0.3, -0.25) is 4.79 Å². The van der Waals surface area contributed by atoms with Crippen LogP contribution in [-0.4, -0.2) is 11.1 Å². The van der Waals surface area contributed by atoms with Crippen LogP contribution in [0.2, 0.25) is 0 Å². The summed E-state index contributed by atoms with van der Waals surface area (Å²) in [4.78, 5) is 10.4. The Labute approximate surface area is 80.3 Å². The van der Waals surface area contributed by atoms with Crippen LogP contribution in [0, 0.1) is 5.82 Å². The van der Waals surface area contributed by atoms with Crippen molar-refractivity contribution in [1.82, 2.24) is 0 Å². The molecule has 0 spiro atoms. The number of carboxylic acids is 1. The van der Waals surface area contributed by atoms with Crippen molar-refractivity contribution < 1.29 is 14.3 Å². The van der Waals surface area contributed by atoms with E-state index in [1.807, 2.05) is 0 Å². The first kappa shape index (κ1) is 10.5. The fourth-order valence-electron chi connectivity index (χ4n) is 1.18. The summed E-state index contributed by atoms with van der Waals surface area (Å²) in [6.07, 6.45) is -0.270. The third kappa shape index (κ3) is 2.20. The van der Waals surface area contributed by atoms with Crippen molar-refractivity contribution in [2.75, 3.05) is 5.73 Å². The Hall–Kier alpha value is -1.62. The van der Waals surface area contributed by atoms with E-state index in [2.05, 4.69) is 0 Å². The monoisotopic (exact) mass is 198 g/mol. The first-order valence-electron chi connectivity index (χ1n) is 4.03. The van der Waals surface area contributed by atoms with Gasteiger partial charge in [0.25, 0.3) is 0 Å². The molecule has 0 aromatic heterocycles. The van der Waals surface area contributed by atoms with E-state index in [1.165, 1.54) is 18.2 Å². The zero-order valence-corrected chi connectivity index (χ0v) is 7.40. The van der Waals surface area contributed by atoms with Crippen LogP contribution in [0.4, 0.5) is 10.1 Å². The molecule has 1 rings (SSSR count). The maximum Gasteiger partial charge on any atom is 0.305 e. The number of para-hydroxylation sites is 1. The zero-order valence-electron chi connectivity index (χ0n) is 7.40. The van der Waals surface area contributed by atoms with Crippen molar-refractivity contribution in [3.8, 4) is 0 Å². The number of anilines is 1. The van der Waals surface area contributed by atoms with E-state index >= 15 is 0 Å². The maximum atomic E-state index is 12.9. The molecule has 1 aromatic carbocycles. The van der Waals surface area contributed by atoms with E-state index in [0.717, 1.165) is 0 Å². The topological polar surface area (TPSA) is 89.3 Å². The minimum atomic E-state index is -1.04. The first-order chi connectivity index (χ1) is 6.52. The van der Waals surface area contributed by atoms with Gasteiger partial charge in [0.1, 0.15) is 5.82 Å². The number of nitrogens with two attached hydrogens (primary N) is 2. The first-order valence-corrected chi connectivity index (χ1v) is 4.03. The molecule has 0 heterocycles. The predicted molar refractivity (Wildman–Crippen MR) is 50.0 cm³/mol. The van der Waals surface area contributed by atoms with Crippen LogP contribution < -0.4 is 11.5 Å². The standard InChI is InChI=1S/C9H11FN2O2/c10-6-3-1-2-5(9(6)12)7(11)4-8(13)14/h1-3,7H,4,11-12H2,(H,13,14). The Morgan fingerprint density at radius 2 is 2.21 bits per heavy atom. The van der Waals surface area contributed by atoms with Gasteiger partial charge < -0.3 is 16.6 Å². The predicted octanol–water partition coefficient (Wildman–Crippen LogP) is 0.882. The van der Waals surface area contributed by atoms with E-state index in [4.69, 9.17) is 16.6 Å². The van der Waals surface area contributed by atoms with E-state index in [0.29, 0.717) is 5.56 Å². The fourth-order valence-corrected chi connectivity index (χ4v) is 1.18. The maximum absolute atomic E-state index is 12.9. The molecule has 0 radical (unpaired) electrons. The van der Waals surface area contributed by atoms with Crippen LogP contribution in [0.15, 0.2) is 18.2 Å². The van der Waals surface area contributed by atoms with Crippen LogP contribution in [0.5, 0.6) is 0 Å². The highest BCUT2D eigenvalue weighted by atomic mass is 19.1. The molecule has 14 heavy (non-hydrogen) atoms. The quantitative estimate of drug-likeness (QED) is 0.629. The van der Waals surface area contributed by atoms with Gasteiger partial charge in [-0.1, -0.05) is 12.1 Å². The second-order valence-electron chi connectivity index (χ2n) is 2.95. The van der Waals surface area contributed by atoms with Gasteiger partial charge in [0.15, 0.2) is 0 Å². The Morgan fingerprint density at radius 3 is 2.79 bits per heavy atom. The van der Waals surface area contributed by atoms with Crippen LogP contribution in [-0.2, 0) is 4.79 Å². The molecule has 5 heteroatoms. The average molecular weight is 198 g/mol. The lowest BCUT2D eigenvalue weighted by molar-refractivity contribution is -0.137. The average Bonchev–Trinajstić information content (AvgIpc) is 2.08. The summed E-state index contributed by atoms with van der Waals surface area (Å²) in [6, 6.07) is 3.39. The molecule has 0 fully saturated rings. The number of nitrogen functional groups attached to an aromatic ring is 1. The molecule has 0 bridgehead atoms. The highest BCUT2D eigenvalue weighted by Gasteiger charge is 2.14. The summed E-state index contributed by atoms with van der Waals surface area (Å²) in [5.41, 5.74) is 11.2. The Balaban J connectivity index is 2.95. The fraction of sp³-hybridized carbons (Fsp3) is 0.222. The number of hydrogen-bond acceptors (Lipinski definition) is 3. The lowest BCUT2D eigenvalue weighted by Gasteiger charge is -2.12. The molecule has 4 nitrogen and oxygen atoms in total. The Kier molecular flexibility index (Phi) is 3.03. The highest BCUT2D eigenvalue weighted by Crippen LogP contribution is 2.23. The Morgan fingerprint density at radius 1 is 1.57 bits per heavy atom. The molecule has 0 amide bonds. The molecule has 1 unspecified atom stereocenters. The molecule has 5 N–H and O–H groups in total. The second kappa shape index (κ2) is 4.06. The molecule has 0 aliphatic rings. The van der Waals surface area contributed by atoms with Gasteiger partial charge in [-0.25, -0.2) is 4.39 Å². The highest BCUT2D eigenvalue weighted by molar-refractivity contribution is 5.68. The molecular formula is C9H11FN2O2. The molecule has 76 valence electrons. The van der Waals surface area contributed by atoms with Gasteiger partial charge in [-0.05, 0) is 11.6 Å². The molecule has 0 aliphatic carbocycles. The van der Waals surface area contributed by atoms with Crippen LogP contribution in [0.25, 0.3) is 0 Å². The normalized spacial score (nSPS) is 12.4. The smallest absolute Gasteiger partial charge is 0.305 e. The van der Waals surface area contributed by atoms with E-state index in [9.17, 15) is 9.18 Å². The SMILES string of the molecule is Nc1c(F)cccc1C(N)CC(=O)O. The number of carboxylic acid groups (broad SMARTS) is 1. The number of carbonyl (C=O) groups is 1. The van der Waals surface area contributed by atoms with E-state index in [1.54, 1.807) is 0 Å². The summed E-state index contributed by atoms with van der Waals surface area (Å²) in [6.45, 7) is 0. The van der Waals surface area contributed by atoms with Gasteiger partial charge in [-0.15, -0.1) is 0 Å². The van der Waals surface area contributed by atoms with Crippen LogP contribution >= 0.6 is 0 Å². The number of rotatable bonds is 3. The summed E-state index contributed by atoms with van der Waals surface area (Å²) >= 11 is 0. The van der Waals surface area contributed by atoms with Crippen molar-refractivity contribution in [1.29, 1.82) is 0 Å². The number of hydrogen-bond donors (Lipinski definition) is 3. The minimum absolute atomic E-state index is 0.0822. The van der Waals surface area contributed by atoms with Gasteiger partial charge in [0.05, 0.1) is 12.1 Å². The second-order valence-corrected chi connectivity index (χ2v) is 2.95. The lowest BCUT2D eigenvalue weighted by atomic mass is 10.0. The minimum Gasteiger partial charge on any atom is -0.481 e. The van der Waals surface area contributed by atoms with Gasteiger partial charge in [0, 0.05) is 6.04 Å². The van der Waals surface area contributed by atoms with Crippen molar-refractivity contribution in [2.24, 2.45) is 5.73 Å². The van der Waals surface area contributed by atoms with Gasteiger partial charge >= 0.3 is 5.97 Å². The van der Waals surface area contributed by atoms with Crippen molar-refractivity contribution in [3.05, 3.63) is 29.6 Å². The van der Waals surface area contributed by atoms with E-state index in [-0.39, 0.29) is 12.1 Å². The lowest BCUT2D eigenvalue weighted by Crippen LogP contribution is -2.17. The Bertz CT molecular complexity index is 355. The summed E-state index contributed by atoms with van der Waals surface area (Å²) in [5, 5.41) is 8.49. The summed E-state index contributed by atoms with van der Waals surface area (Å²) < 4.78 is 12.9. The number of benzene rings is 1. The molecule has 0 saturated carbocycles. The van der Waals surface area contributed by atoms with Crippen LogP contribution in [0.3, 0.4) is 0 Å². The van der Waals surface area contributed by atoms with Crippen molar-refractivity contribution in [3.63, 3.8) is 0 Å². The van der Waals surface area contributed by atoms with Crippen molar-refractivity contribution >= 4 is 11.7 Å². The largest absolute Gasteiger partial charge is 0.481 e. The van der Waals surface area contributed by atoms with Crippen LogP contribution in [0.1, 0.15) is 18.0 Å². The molecule has 0 aliphatic heterocycles. The number of halogens is 1. The molecule has 1 aromatic rings.